The minimum absolute atomic E-state index is 0.0368. The van der Waals surface area contributed by atoms with E-state index in [1.165, 1.54) is 0 Å². The summed E-state index contributed by atoms with van der Waals surface area (Å²) in [6.07, 6.45) is -0.0368. The molecule has 2 aromatic carbocycles. The molecule has 3 rings (SSSR count). The maximum absolute atomic E-state index is 10.8. The van der Waals surface area contributed by atoms with Gasteiger partial charge in [-0.1, -0.05) is 30.3 Å². The quantitative estimate of drug-likeness (QED) is 0.645. The molecule has 0 aliphatic rings. The number of hydrogen-bond acceptors (Lipinski definition) is 2. The summed E-state index contributed by atoms with van der Waals surface area (Å²) in [6, 6.07) is 10.8. The van der Waals surface area contributed by atoms with Gasteiger partial charge < -0.3 is 15.2 Å². The fourth-order valence-electron chi connectivity index (χ4n) is 2.30. The predicted octanol–water partition coefficient (Wildman–Crippen LogP) is 2.65. The summed E-state index contributed by atoms with van der Waals surface area (Å²) in [6.45, 7) is 0. The third-order valence-corrected chi connectivity index (χ3v) is 3.08. The molecule has 0 saturated heterocycles. The number of phenolic OH excluding ortho intramolecular Hbond substituents is 1. The molecule has 90 valence electrons. The Kier molecular flexibility index (Phi) is 2.23. The molecule has 0 aliphatic carbocycles. The lowest BCUT2D eigenvalue weighted by atomic mass is 10.1. The minimum atomic E-state index is -0.870. The fourth-order valence-corrected chi connectivity index (χ4v) is 2.30. The van der Waals surface area contributed by atoms with Crippen LogP contribution in [-0.4, -0.2) is 21.2 Å². The van der Waals surface area contributed by atoms with Crippen LogP contribution in [0.15, 0.2) is 36.4 Å². The first-order valence-electron chi connectivity index (χ1n) is 5.60. The monoisotopic (exact) mass is 241 g/mol. The molecule has 1 aromatic heterocycles. The van der Waals surface area contributed by atoms with Gasteiger partial charge in [0, 0.05) is 10.8 Å². The Bertz CT molecular complexity index is 758. The molecule has 0 amide bonds. The lowest BCUT2D eigenvalue weighted by Gasteiger charge is -1.98. The number of aromatic amines is 1. The van der Waals surface area contributed by atoms with Gasteiger partial charge in [0.05, 0.1) is 17.5 Å². The second kappa shape index (κ2) is 3.77. The van der Waals surface area contributed by atoms with Crippen molar-refractivity contribution in [2.24, 2.45) is 0 Å². The topological polar surface area (TPSA) is 73.3 Å². The number of H-pyrrole nitrogens is 1. The summed E-state index contributed by atoms with van der Waals surface area (Å²) in [4.78, 5) is 13.9. The van der Waals surface area contributed by atoms with Gasteiger partial charge >= 0.3 is 5.97 Å². The number of benzene rings is 2. The predicted molar refractivity (Wildman–Crippen MR) is 68.8 cm³/mol. The molecule has 18 heavy (non-hydrogen) atoms. The summed E-state index contributed by atoms with van der Waals surface area (Å²) in [5.74, 6) is -0.699. The van der Waals surface area contributed by atoms with Gasteiger partial charge in [-0.05, 0) is 11.6 Å². The lowest BCUT2D eigenvalue weighted by molar-refractivity contribution is -0.136. The normalized spacial score (nSPS) is 11.1. The highest BCUT2D eigenvalue weighted by Gasteiger charge is 2.11. The van der Waals surface area contributed by atoms with Crippen molar-refractivity contribution in [3.63, 3.8) is 0 Å². The van der Waals surface area contributed by atoms with Crippen molar-refractivity contribution in [1.29, 1.82) is 0 Å². The number of carbonyl (C=O) groups is 1. The molecule has 4 nitrogen and oxygen atoms in total. The van der Waals surface area contributed by atoms with Gasteiger partial charge in [0.2, 0.25) is 0 Å². The van der Waals surface area contributed by atoms with E-state index in [1.54, 1.807) is 18.2 Å². The molecule has 0 unspecified atom stereocenters. The molecule has 0 radical (unpaired) electrons. The highest BCUT2D eigenvalue weighted by atomic mass is 16.4. The average molecular weight is 241 g/mol. The van der Waals surface area contributed by atoms with Crippen LogP contribution in [-0.2, 0) is 11.2 Å². The van der Waals surface area contributed by atoms with E-state index in [-0.39, 0.29) is 12.2 Å². The number of aromatic nitrogens is 1. The van der Waals surface area contributed by atoms with Crippen molar-refractivity contribution in [3.05, 3.63) is 42.0 Å². The molecule has 1 heterocycles. The average Bonchev–Trinajstić information content (AvgIpc) is 2.70. The number of phenols is 1. The summed E-state index contributed by atoms with van der Waals surface area (Å²) in [5, 5.41) is 20.5. The standard InChI is InChI=1S/C14H11NO3/c16-11-6-2-5-10-9-4-1-3-8(7-12(17)18)13(9)15-14(10)11/h1-6,15-16H,7H2,(H,17,18). The molecule has 0 aliphatic heterocycles. The van der Waals surface area contributed by atoms with E-state index in [0.29, 0.717) is 5.52 Å². The van der Waals surface area contributed by atoms with Gasteiger partial charge in [-0.15, -0.1) is 0 Å². The Hall–Kier alpha value is -2.49. The summed E-state index contributed by atoms with van der Waals surface area (Å²) >= 11 is 0. The molecule has 0 saturated carbocycles. The number of nitrogens with one attached hydrogen (secondary N) is 1. The highest BCUT2D eigenvalue weighted by Crippen LogP contribution is 2.32. The van der Waals surface area contributed by atoms with Crippen LogP contribution in [0.3, 0.4) is 0 Å². The molecule has 4 heteroatoms. The fraction of sp³-hybridized carbons (Fsp3) is 0.0714. The number of aromatic hydroxyl groups is 1. The summed E-state index contributed by atoms with van der Waals surface area (Å²) in [5.41, 5.74) is 2.14. The van der Waals surface area contributed by atoms with Gasteiger partial charge in [-0.25, -0.2) is 0 Å². The minimum Gasteiger partial charge on any atom is -0.506 e. The number of aliphatic carboxylic acids is 1. The Labute approximate surface area is 102 Å². The number of para-hydroxylation sites is 2. The molecular weight excluding hydrogens is 230 g/mol. The Morgan fingerprint density at radius 3 is 2.44 bits per heavy atom. The zero-order valence-electron chi connectivity index (χ0n) is 9.47. The first-order valence-corrected chi connectivity index (χ1v) is 5.60. The second-order valence-corrected chi connectivity index (χ2v) is 4.23. The SMILES string of the molecule is O=C(O)Cc1cccc2c1[nH]c1c(O)cccc12. The van der Waals surface area contributed by atoms with Crippen LogP contribution < -0.4 is 0 Å². The van der Waals surface area contributed by atoms with Crippen molar-refractivity contribution in [2.45, 2.75) is 6.42 Å². The van der Waals surface area contributed by atoms with E-state index >= 15 is 0 Å². The first kappa shape index (κ1) is 10.7. The van der Waals surface area contributed by atoms with Crippen LogP contribution in [0.2, 0.25) is 0 Å². The first-order chi connectivity index (χ1) is 8.66. The number of carboxylic acids is 1. The van der Waals surface area contributed by atoms with Crippen molar-refractivity contribution >= 4 is 27.8 Å². The van der Waals surface area contributed by atoms with Crippen LogP contribution >= 0.6 is 0 Å². The zero-order chi connectivity index (χ0) is 12.7. The van der Waals surface area contributed by atoms with Crippen LogP contribution in [0.1, 0.15) is 5.56 Å². The Balaban J connectivity index is 2.38. The van der Waals surface area contributed by atoms with E-state index in [4.69, 9.17) is 5.11 Å². The van der Waals surface area contributed by atoms with Crippen LogP contribution in [0.5, 0.6) is 5.75 Å². The molecule has 3 N–H and O–H groups in total. The van der Waals surface area contributed by atoms with Gasteiger partial charge in [-0.3, -0.25) is 4.79 Å². The second-order valence-electron chi connectivity index (χ2n) is 4.23. The largest absolute Gasteiger partial charge is 0.506 e. The number of rotatable bonds is 2. The lowest BCUT2D eigenvalue weighted by Crippen LogP contribution is -2.00. The molecule has 3 aromatic rings. The summed E-state index contributed by atoms with van der Waals surface area (Å²) < 4.78 is 0. The van der Waals surface area contributed by atoms with E-state index < -0.39 is 5.97 Å². The number of hydrogen-bond donors (Lipinski definition) is 3. The molecular formula is C14H11NO3. The molecule has 0 atom stereocenters. The van der Waals surface area contributed by atoms with Gasteiger partial charge in [0.1, 0.15) is 5.75 Å². The maximum Gasteiger partial charge on any atom is 0.307 e. The van der Waals surface area contributed by atoms with E-state index in [2.05, 4.69) is 4.98 Å². The van der Waals surface area contributed by atoms with Gasteiger partial charge in [0.15, 0.2) is 0 Å². The smallest absolute Gasteiger partial charge is 0.307 e. The van der Waals surface area contributed by atoms with Crippen LogP contribution in [0.25, 0.3) is 21.8 Å². The summed E-state index contributed by atoms with van der Waals surface area (Å²) in [7, 11) is 0. The highest BCUT2D eigenvalue weighted by molar-refractivity contribution is 6.10. The Morgan fingerprint density at radius 2 is 1.72 bits per heavy atom. The maximum atomic E-state index is 10.8. The third-order valence-electron chi connectivity index (χ3n) is 3.08. The molecule has 0 spiro atoms. The molecule has 0 bridgehead atoms. The number of carboxylic acid groups (broad SMARTS) is 1. The van der Waals surface area contributed by atoms with Crippen LogP contribution in [0, 0.1) is 0 Å². The zero-order valence-corrected chi connectivity index (χ0v) is 9.47. The van der Waals surface area contributed by atoms with Crippen molar-refractivity contribution in [3.8, 4) is 5.75 Å². The van der Waals surface area contributed by atoms with E-state index in [9.17, 15) is 9.90 Å². The third kappa shape index (κ3) is 1.50. The Morgan fingerprint density at radius 1 is 1.06 bits per heavy atom. The van der Waals surface area contributed by atoms with E-state index in [0.717, 1.165) is 21.9 Å². The van der Waals surface area contributed by atoms with Crippen molar-refractivity contribution in [2.75, 3.05) is 0 Å². The van der Waals surface area contributed by atoms with Gasteiger partial charge in [0.25, 0.3) is 0 Å². The van der Waals surface area contributed by atoms with Crippen molar-refractivity contribution in [1.82, 2.24) is 4.98 Å². The van der Waals surface area contributed by atoms with Crippen molar-refractivity contribution < 1.29 is 15.0 Å². The molecule has 0 fully saturated rings. The van der Waals surface area contributed by atoms with E-state index in [1.807, 2.05) is 18.2 Å². The van der Waals surface area contributed by atoms with Crippen LogP contribution in [0.4, 0.5) is 0 Å². The number of fused-ring (bicyclic) bond motifs is 3. The van der Waals surface area contributed by atoms with Gasteiger partial charge in [-0.2, -0.15) is 0 Å².